The average molecular weight is 1030 g/mol. The van der Waals surface area contributed by atoms with Crippen LogP contribution in [-0.4, -0.2) is 70.0 Å². The van der Waals surface area contributed by atoms with Crippen molar-refractivity contribution < 1.29 is 42.1 Å². The Labute approximate surface area is 445 Å². The van der Waals surface area contributed by atoms with Crippen LogP contribution >= 0.6 is 7.82 Å². The fourth-order valence-electron chi connectivity index (χ4n) is 8.71. The summed E-state index contributed by atoms with van der Waals surface area (Å²) < 4.78 is 34.2. The van der Waals surface area contributed by atoms with Crippen LogP contribution in [0.3, 0.4) is 0 Å². The second-order valence-electron chi connectivity index (χ2n) is 21.7. The van der Waals surface area contributed by atoms with Gasteiger partial charge < -0.3 is 27.9 Å². The van der Waals surface area contributed by atoms with E-state index >= 15 is 0 Å². The van der Waals surface area contributed by atoms with Crippen LogP contribution in [0.4, 0.5) is 0 Å². The van der Waals surface area contributed by atoms with Crippen LogP contribution in [-0.2, 0) is 32.7 Å². The molecule has 9 nitrogen and oxygen atoms in total. The minimum absolute atomic E-state index is 0.0339. The summed E-state index contributed by atoms with van der Waals surface area (Å²) in [6.45, 7) is 4.15. The van der Waals surface area contributed by atoms with E-state index in [4.69, 9.17) is 18.5 Å². The van der Waals surface area contributed by atoms with Gasteiger partial charge in [0.05, 0.1) is 27.7 Å². The van der Waals surface area contributed by atoms with Gasteiger partial charge in [-0.2, -0.15) is 0 Å². The van der Waals surface area contributed by atoms with Crippen molar-refractivity contribution in [1.29, 1.82) is 0 Å². The molecule has 2 unspecified atom stereocenters. The number of carbonyl (C=O) groups is 2. The van der Waals surface area contributed by atoms with Crippen molar-refractivity contribution in [3.8, 4) is 0 Å². The average Bonchev–Trinajstić information content (AvgIpc) is 3.34. The molecule has 0 saturated carbocycles. The number of phosphoric acid groups is 1. The third-order valence-electron chi connectivity index (χ3n) is 13.4. The molecule has 0 aliphatic carbocycles. The summed E-state index contributed by atoms with van der Waals surface area (Å²) >= 11 is 0. The molecule has 0 aromatic rings. The zero-order chi connectivity index (χ0) is 52.7. The minimum atomic E-state index is -4.64. The summed E-state index contributed by atoms with van der Waals surface area (Å²) in [5, 5.41) is 0. The van der Waals surface area contributed by atoms with Gasteiger partial charge in [-0.1, -0.05) is 268 Å². The smallest absolute Gasteiger partial charge is 0.306 e. The molecular formula is C62H116NO8P. The van der Waals surface area contributed by atoms with E-state index in [-0.39, 0.29) is 32.0 Å². The number of hydrogen-bond acceptors (Lipinski definition) is 8. The van der Waals surface area contributed by atoms with Gasteiger partial charge >= 0.3 is 11.9 Å². The molecule has 0 N–H and O–H groups in total. The third kappa shape index (κ3) is 57.3. The number of quaternary nitrogens is 1. The SMILES string of the molecule is CC/C=C\C/C=C\C/C=C\C/C=C\CCCCCCCCC(=O)OC(COC(=O)CCCCCCCCCCCCCCCCCCCCCCCCCCCCCCC)COP(=O)([O-])OCC[N+](C)(C)C. The van der Waals surface area contributed by atoms with Crippen LogP contribution in [0.1, 0.15) is 284 Å². The third-order valence-corrected chi connectivity index (χ3v) is 14.3. The van der Waals surface area contributed by atoms with Gasteiger partial charge in [-0.25, -0.2) is 0 Å². The van der Waals surface area contributed by atoms with Crippen LogP contribution < -0.4 is 4.89 Å². The maximum absolute atomic E-state index is 12.8. The molecule has 2 atom stereocenters. The number of esters is 2. The van der Waals surface area contributed by atoms with E-state index in [2.05, 4.69) is 62.5 Å². The summed E-state index contributed by atoms with van der Waals surface area (Å²) in [6, 6.07) is 0. The van der Waals surface area contributed by atoms with Crippen LogP contribution in [0.5, 0.6) is 0 Å². The van der Waals surface area contributed by atoms with Gasteiger partial charge in [0.25, 0.3) is 7.82 Å². The maximum Gasteiger partial charge on any atom is 0.306 e. The highest BCUT2D eigenvalue weighted by Crippen LogP contribution is 2.38. The Morgan fingerprint density at radius 2 is 0.792 bits per heavy atom. The van der Waals surface area contributed by atoms with Crippen molar-refractivity contribution in [3.05, 3.63) is 48.6 Å². The van der Waals surface area contributed by atoms with E-state index < -0.39 is 26.5 Å². The molecule has 0 aliphatic heterocycles. The predicted octanol–water partition coefficient (Wildman–Crippen LogP) is 18.3. The Bertz CT molecular complexity index is 1360. The molecule has 0 saturated heterocycles. The molecule has 10 heteroatoms. The van der Waals surface area contributed by atoms with E-state index in [1.807, 2.05) is 21.1 Å². The van der Waals surface area contributed by atoms with Gasteiger partial charge in [-0.3, -0.25) is 14.2 Å². The molecule has 0 aromatic carbocycles. The number of rotatable bonds is 56. The van der Waals surface area contributed by atoms with Crippen LogP contribution in [0.25, 0.3) is 0 Å². The molecule has 0 spiro atoms. The summed E-state index contributed by atoms with van der Waals surface area (Å²) in [5.41, 5.74) is 0. The molecule has 0 aliphatic rings. The standard InChI is InChI=1S/C62H116NO8P/c1-6-8-10-12-14-16-18-20-22-24-26-27-28-29-30-31-32-33-34-35-37-38-40-42-44-46-48-50-52-54-61(64)68-58-60(59-70-72(66,67)69-57-56-63(3,4)5)71-62(65)55-53-51-49-47-45-43-41-39-36-25-23-21-19-17-15-13-11-9-7-2/h9,11,15,17,21,23,36,39,60H,6-8,10,12-14,16,18-20,22,24-35,37-38,40-59H2,1-5H3/b11-9-,17-15-,23-21-,39-36-. The van der Waals surface area contributed by atoms with Gasteiger partial charge in [0, 0.05) is 12.8 Å². The Hall–Kier alpha value is -2.03. The van der Waals surface area contributed by atoms with Gasteiger partial charge in [0.2, 0.25) is 0 Å². The second-order valence-corrected chi connectivity index (χ2v) is 23.1. The maximum atomic E-state index is 12.8. The Morgan fingerprint density at radius 3 is 1.18 bits per heavy atom. The number of allylic oxidation sites excluding steroid dienone is 8. The lowest BCUT2D eigenvalue weighted by molar-refractivity contribution is -0.870. The molecular weight excluding hydrogens is 918 g/mol. The minimum Gasteiger partial charge on any atom is -0.756 e. The number of ether oxygens (including phenoxy) is 2. The number of nitrogens with zero attached hydrogens (tertiary/aromatic N) is 1. The summed E-state index contributed by atoms with van der Waals surface area (Å²) in [4.78, 5) is 37.9. The molecule has 72 heavy (non-hydrogen) atoms. The first kappa shape index (κ1) is 70.0. The Balaban J connectivity index is 4.07. The highest BCUT2D eigenvalue weighted by Gasteiger charge is 2.22. The molecule has 0 bridgehead atoms. The first-order valence-corrected chi connectivity index (χ1v) is 31.8. The summed E-state index contributed by atoms with van der Waals surface area (Å²) in [7, 11) is 1.16. The van der Waals surface area contributed by atoms with Gasteiger partial charge in [-0.05, 0) is 51.4 Å². The molecule has 0 aromatic heterocycles. The number of phosphoric ester groups is 1. The molecule has 0 radical (unpaired) electrons. The monoisotopic (exact) mass is 1030 g/mol. The van der Waals surface area contributed by atoms with E-state index in [9.17, 15) is 19.0 Å². The summed E-state index contributed by atoms with van der Waals surface area (Å²) in [5.74, 6) is -0.839. The predicted molar refractivity (Wildman–Crippen MR) is 305 cm³/mol. The molecule has 0 amide bonds. The molecule has 0 heterocycles. The van der Waals surface area contributed by atoms with Gasteiger partial charge in [0.1, 0.15) is 19.8 Å². The lowest BCUT2D eigenvalue weighted by Gasteiger charge is -2.28. The van der Waals surface area contributed by atoms with Crippen LogP contribution in [0.15, 0.2) is 48.6 Å². The van der Waals surface area contributed by atoms with Crippen molar-refractivity contribution in [2.24, 2.45) is 0 Å². The number of carbonyl (C=O) groups excluding carboxylic acids is 2. The number of likely N-dealkylation sites (N-methyl/N-ethyl adjacent to an activating group) is 1. The lowest BCUT2D eigenvalue weighted by Crippen LogP contribution is -2.37. The molecule has 0 rings (SSSR count). The normalized spacial score (nSPS) is 13.6. The Kier molecular flexibility index (Phi) is 52.3. The van der Waals surface area contributed by atoms with Crippen molar-refractivity contribution >= 4 is 19.8 Å². The largest absolute Gasteiger partial charge is 0.756 e. The quantitative estimate of drug-likeness (QED) is 0.0195. The van der Waals surface area contributed by atoms with E-state index in [1.54, 1.807) is 0 Å². The zero-order valence-electron chi connectivity index (χ0n) is 47.9. The highest BCUT2D eigenvalue weighted by atomic mass is 31.2. The number of hydrogen-bond donors (Lipinski definition) is 0. The van der Waals surface area contributed by atoms with Gasteiger partial charge in [-0.15, -0.1) is 0 Å². The molecule has 422 valence electrons. The van der Waals surface area contributed by atoms with Crippen molar-refractivity contribution in [1.82, 2.24) is 0 Å². The fraction of sp³-hybridized carbons (Fsp3) is 0.839. The van der Waals surface area contributed by atoms with E-state index in [0.29, 0.717) is 17.4 Å². The zero-order valence-corrected chi connectivity index (χ0v) is 48.8. The second kappa shape index (κ2) is 53.8. The first-order valence-electron chi connectivity index (χ1n) is 30.3. The number of unbranched alkanes of at least 4 members (excludes halogenated alkanes) is 34. The van der Waals surface area contributed by atoms with Crippen LogP contribution in [0, 0.1) is 0 Å². The van der Waals surface area contributed by atoms with E-state index in [0.717, 1.165) is 83.5 Å². The topological polar surface area (TPSA) is 111 Å². The molecule has 0 fully saturated rings. The highest BCUT2D eigenvalue weighted by molar-refractivity contribution is 7.45. The first-order chi connectivity index (χ1) is 35.0. The van der Waals surface area contributed by atoms with Crippen molar-refractivity contribution in [3.63, 3.8) is 0 Å². The fourth-order valence-corrected chi connectivity index (χ4v) is 9.44. The summed E-state index contributed by atoms with van der Waals surface area (Å²) in [6.07, 6.45) is 67.5. The van der Waals surface area contributed by atoms with Crippen LogP contribution in [0.2, 0.25) is 0 Å². The van der Waals surface area contributed by atoms with Crippen molar-refractivity contribution in [2.75, 3.05) is 47.5 Å². The van der Waals surface area contributed by atoms with Crippen molar-refractivity contribution in [2.45, 2.75) is 290 Å². The lowest BCUT2D eigenvalue weighted by atomic mass is 10.0. The van der Waals surface area contributed by atoms with E-state index in [1.165, 1.54) is 167 Å². The Morgan fingerprint density at radius 1 is 0.444 bits per heavy atom. The van der Waals surface area contributed by atoms with Gasteiger partial charge in [0.15, 0.2) is 6.10 Å².